The fourth-order valence-electron chi connectivity index (χ4n) is 2.54. The fourth-order valence-corrected chi connectivity index (χ4v) is 4.32. The zero-order valence-electron chi connectivity index (χ0n) is 15.0. The van der Waals surface area contributed by atoms with E-state index in [0.717, 1.165) is 27.6 Å². The molecule has 0 aliphatic heterocycles. The normalized spacial score (nSPS) is 10.7. The second-order valence-corrected chi connectivity index (χ2v) is 8.15. The maximum Gasteiger partial charge on any atom is 0.233 e. The lowest BCUT2D eigenvalue weighted by molar-refractivity contribution is -0.127. The van der Waals surface area contributed by atoms with E-state index in [-0.39, 0.29) is 5.91 Å². The molecule has 1 heterocycles. The lowest BCUT2D eigenvalue weighted by Crippen LogP contribution is -2.27. The molecule has 3 aromatic rings. The van der Waals surface area contributed by atoms with E-state index in [1.54, 1.807) is 16.2 Å². The van der Waals surface area contributed by atoms with E-state index in [9.17, 15) is 4.79 Å². The Morgan fingerprint density at radius 2 is 1.77 bits per heavy atom. The van der Waals surface area contributed by atoms with Gasteiger partial charge in [-0.3, -0.25) is 4.79 Å². The first-order valence-electron chi connectivity index (χ1n) is 8.61. The van der Waals surface area contributed by atoms with Crippen LogP contribution in [0.25, 0.3) is 11.3 Å². The van der Waals surface area contributed by atoms with Crippen LogP contribution in [0.5, 0.6) is 0 Å². The van der Waals surface area contributed by atoms with E-state index < -0.39 is 0 Å². The molecule has 0 atom stereocenters. The standard InChI is InChI=1S/C21H22N2OS2/c1-3-16-9-11-17(12-10-16)13-23(2)20(24)15-26-21-22-19(14-25-21)18-7-5-4-6-8-18/h4-12,14H,3,13,15H2,1-2H3. The van der Waals surface area contributed by atoms with Gasteiger partial charge in [-0.25, -0.2) is 4.98 Å². The zero-order valence-corrected chi connectivity index (χ0v) is 16.6. The molecule has 0 saturated carbocycles. The van der Waals surface area contributed by atoms with Crippen molar-refractivity contribution in [3.05, 3.63) is 71.1 Å². The predicted octanol–water partition coefficient (Wildman–Crippen LogP) is 5.12. The number of carbonyl (C=O) groups is 1. The monoisotopic (exact) mass is 382 g/mol. The Balaban J connectivity index is 1.52. The van der Waals surface area contributed by atoms with Crippen LogP contribution in [-0.4, -0.2) is 28.6 Å². The number of benzene rings is 2. The molecule has 1 amide bonds. The number of carbonyl (C=O) groups excluding carboxylic acids is 1. The number of aromatic nitrogens is 1. The molecular weight excluding hydrogens is 360 g/mol. The maximum absolute atomic E-state index is 12.4. The van der Waals surface area contributed by atoms with Gasteiger partial charge in [0.1, 0.15) is 0 Å². The summed E-state index contributed by atoms with van der Waals surface area (Å²) in [5, 5.41) is 2.04. The van der Waals surface area contributed by atoms with Crippen LogP contribution >= 0.6 is 23.1 Å². The smallest absolute Gasteiger partial charge is 0.233 e. The van der Waals surface area contributed by atoms with Gasteiger partial charge < -0.3 is 4.90 Å². The first kappa shape index (κ1) is 18.7. The first-order chi connectivity index (χ1) is 12.7. The van der Waals surface area contributed by atoms with Crippen LogP contribution in [0.15, 0.2) is 64.3 Å². The maximum atomic E-state index is 12.4. The van der Waals surface area contributed by atoms with E-state index in [1.807, 2.05) is 42.8 Å². The third-order valence-electron chi connectivity index (χ3n) is 4.15. The number of nitrogens with zero attached hydrogens (tertiary/aromatic N) is 2. The van der Waals surface area contributed by atoms with Crippen LogP contribution in [0.1, 0.15) is 18.1 Å². The number of hydrogen-bond donors (Lipinski definition) is 0. The Morgan fingerprint density at radius 1 is 1.08 bits per heavy atom. The van der Waals surface area contributed by atoms with Crippen LogP contribution < -0.4 is 0 Å². The highest BCUT2D eigenvalue weighted by Crippen LogP contribution is 2.28. The molecule has 0 unspecified atom stereocenters. The van der Waals surface area contributed by atoms with Crippen molar-refractivity contribution in [2.75, 3.05) is 12.8 Å². The molecule has 0 spiro atoms. The Morgan fingerprint density at radius 3 is 2.46 bits per heavy atom. The number of amides is 1. The summed E-state index contributed by atoms with van der Waals surface area (Å²) < 4.78 is 0.929. The minimum absolute atomic E-state index is 0.117. The minimum atomic E-state index is 0.117. The quantitative estimate of drug-likeness (QED) is 0.532. The molecule has 0 aliphatic rings. The van der Waals surface area contributed by atoms with E-state index in [1.165, 1.54) is 17.3 Å². The van der Waals surface area contributed by atoms with Crippen LogP contribution in [0, 0.1) is 0 Å². The van der Waals surface area contributed by atoms with Crippen LogP contribution in [0.2, 0.25) is 0 Å². The van der Waals surface area contributed by atoms with Crippen molar-refractivity contribution in [1.82, 2.24) is 9.88 Å². The van der Waals surface area contributed by atoms with Crippen LogP contribution in [0.3, 0.4) is 0 Å². The van der Waals surface area contributed by atoms with Gasteiger partial charge in [0, 0.05) is 24.5 Å². The van der Waals surface area contributed by atoms with Crippen molar-refractivity contribution < 1.29 is 4.79 Å². The Kier molecular flexibility index (Phi) is 6.47. The van der Waals surface area contributed by atoms with Crippen molar-refractivity contribution in [3.63, 3.8) is 0 Å². The van der Waals surface area contributed by atoms with Crippen LogP contribution in [0.4, 0.5) is 0 Å². The van der Waals surface area contributed by atoms with Gasteiger partial charge in [0.25, 0.3) is 0 Å². The molecule has 1 aromatic heterocycles. The SMILES string of the molecule is CCc1ccc(CN(C)C(=O)CSc2nc(-c3ccccc3)cs2)cc1. The highest BCUT2D eigenvalue weighted by Gasteiger charge is 2.12. The molecule has 3 nitrogen and oxygen atoms in total. The number of thioether (sulfide) groups is 1. The zero-order chi connectivity index (χ0) is 18.4. The minimum Gasteiger partial charge on any atom is -0.341 e. The summed E-state index contributed by atoms with van der Waals surface area (Å²) in [5.41, 5.74) is 4.55. The van der Waals surface area contributed by atoms with Crippen molar-refractivity contribution in [3.8, 4) is 11.3 Å². The second kappa shape index (κ2) is 9.01. The number of aryl methyl sites for hydroxylation is 1. The summed E-state index contributed by atoms with van der Waals surface area (Å²) in [5.74, 6) is 0.525. The average molecular weight is 383 g/mol. The van der Waals surface area contributed by atoms with Gasteiger partial charge in [-0.05, 0) is 17.5 Å². The third-order valence-corrected chi connectivity index (χ3v) is 6.15. The Bertz CT molecular complexity index is 844. The van der Waals surface area contributed by atoms with E-state index in [0.29, 0.717) is 12.3 Å². The summed E-state index contributed by atoms with van der Waals surface area (Å²) >= 11 is 3.09. The summed E-state index contributed by atoms with van der Waals surface area (Å²) in [7, 11) is 1.86. The molecular formula is C21H22N2OS2. The van der Waals surface area contributed by atoms with Gasteiger partial charge in [0.15, 0.2) is 4.34 Å². The number of hydrogen-bond acceptors (Lipinski definition) is 4. The Labute approximate surface area is 163 Å². The highest BCUT2D eigenvalue weighted by molar-refractivity contribution is 8.01. The van der Waals surface area contributed by atoms with E-state index in [4.69, 9.17) is 0 Å². The molecule has 0 aliphatic carbocycles. The van der Waals surface area contributed by atoms with Gasteiger partial charge in [-0.15, -0.1) is 11.3 Å². The topological polar surface area (TPSA) is 33.2 Å². The second-order valence-electron chi connectivity index (χ2n) is 6.07. The van der Waals surface area contributed by atoms with Gasteiger partial charge >= 0.3 is 0 Å². The van der Waals surface area contributed by atoms with Crippen molar-refractivity contribution in [2.45, 2.75) is 24.2 Å². The summed E-state index contributed by atoms with van der Waals surface area (Å²) in [4.78, 5) is 18.8. The fraction of sp³-hybridized carbons (Fsp3) is 0.238. The van der Waals surface area contributed by atoms with Crippen molar-refractivity contribution in [1.29, 1.82) is 0 Å². The van der Waals surface area contributed by atoms with Crippen molar-refractivity contribution >= 4 is 29.0 Å². The summed E-state index contributed by atoms with van der Waals surface area (Å²) in [6, 6.07) is 18.6. The first-order valence-corrected chi connectivity index (χ1v) is 10.5. The molecule has 5 heteroatoms. The molecule has 3 rings (SSSR count). The van der Waals surface area contributed by atoms with Crippen molar-refractivity contribution in [2.24, 2.45) is 0 Å². The van der Waals surface area contributed by atoms with E-state index in [2.05, 4.69) is 36.2 Å². The molecule has 0 saturated heterocycles. The van der Waals surface area contributed by atoms with Gasteiger partial charge in [0.2, 0.25) is 5.91 Å². The predicted molar refractivity (Wildman–Crippen MR) is 111 cm³/mol. The number of rotatable bonds is 7. The summed E-state index contributed by atoms with van der Waals surface area (Å²) in [6.07, 6.45) is 1.03. The molecule has 0 N–H and O–H groups in total. The molecule has 0 radical (unpaired) electrons. The molecule has 0 fully saturated rings. The van der Waals surface area contributed by atoms with Crippen LogP contribution in [-0.2, 0) is 17.8 Å². The molecule has 26 heavy (non-hydrogen) atoms. The van der Waals surface area contributed by atoms with Gasteiger partial charge in [0.05, 0.1) is 11.4 Å². The van der Waals surface area contributed by atoms with Gasteiger partial charge in [-0.2, -0.15) is 0 Å². The summed E-state index contributed by atoms with van der Waals surface area (Å²) in [6.45, 7) is 2.78. The third kappa shape index (κ3) is 4.96. The molecule has 134 valence electrons. The lowest BCUT2D eigenvalue weighted by atomic mass is 10.1. The highest BCUT2D eigenvalue weighted by atomic mass is 32.2. The molecule has 2 aromatic carbocycles. The molecule has 0 bridgehead atoms. The van der Waals surface area contributed by atoms with E-state index >= 15 is 0 Å². The largest absolute Gasteiger partial charge is 0.341 e. The Hall–Kier alpha value is -2.11. The average Bonchev–Trinajstić information content (AvgIpc) is 3.16. The lowest BCUT2D eigenvalue weighted by Gasteiger charge is -2.17. The number of thiazole rings is 1. The van der Waals surface area contributed by atoms with Gasteiger partial charge in [-0.1, -0.05) is 73.3 Å².